The molecule has 26 heavy (non-hydrogen) atoms. The van der Waals surface area contributed by atoms with Crippen molar-refractivity contribution in [2.24, 2.45) is 5.92 Å². The van der Waals surface area contributed by atoms with Crippen molar-refractivity contribution in [3.05, 3.63) is 0 Å². The van der Waals surface area contributed by atoms with Crippen LogP contribution in [0.25, 0.3) is 0 Å². The number of hydrogen-bond acceptors (Lipinski definition) is 5. The Morgan fingerprint density at radius 2 is 1.15 bits per heavy atom. The minimum atomic E-state index is -1.64. The minimum Gasteiger partial charge on any atom is -0.393 e. The van der Waals surface area contributed by atoms with Gasteiger partial charge in [-0.15, -0.1) is 0 Å². The van der Waals surface area contributed by atoms with Crippen LogP contribution in [-0.2, 0) is 14.3 Å². The Morgan fingerprint density at radius 1 is 0.731 bits per heavy atom. The van der Waals surface area contributed by atoms with Crippen molar-refractivity contribution in [3.63, 3.8) is 0 Å². The van der Waals surface area contributed by atoms with Crippen LogP contribution in [-0.4, -0.2) is 34.9 Å². The molecular formula is C21H40O5. The molecule has 0 aliphatic carbocycles. The van der Waals surface area contributed by atoms with E-state index in [0.29, 0.717) is 0 Å². The molecule has 5 nitrogen and oxygen atoms in total. The first-order valence-electron chi connectivity index (χ1n) is 10.6. The van der Waals surface area contributed by atoms with Gasteiger partial charge in [-0.2, -0.15) is 0 Å². The van der Waals surface area contributed by atoms with Gasteiger partial charge < -0.3 is 14.9 Å². The molecule has 2 N–H and O–H groups in total. The van der Waals surface area contributed by atoms with E-state index in [1.54, 1.807) is 0 Å². The summed E-state index contributed by atoms with van der Waals surface area (Å²) in [5.41, 5.74) is 0. The maximum absolute atomic E-state index is 12.2. The average molecular weight is 373 g/mol. The normalized spacial score (nSPS) is 13.4. The molecule has 2 unspecified atom stereocenters. The Bertz CT molecular complexity index is 356. The summed E-state index contributed by atoms with van der Waals surface area (Å²) < 4.78 is 4.76. The first kappa shape index (κ1) is 25.1. The highest BCUT2D eigenvalue weighted by Gasteiger charge is 2.25. The number of ether oxygens (including phenoxy) is 1. The van der Waals surface area contributed by atoms with Crippen molar-refractivity contribution in [2.75, 3.05) is 6.61 Å². The predicted molar refractivity (Wildman–Crippen MR) is 104 cm³/mol. The average Bonchev–Trinajstić information content (AvgIpc) is 2.64. The summed E-state index contributed by atoms with van der Waals surface area (Å²) in [5, 5.41) is 18.0. The van der Waals surface area contributed by atoms with Crippen LogP contribution < -0.4 is 0 Å². The van der Waals surface area contributed by atoms with E-state index in [1.807, 2.05) is 0 Å². The Labute approximate surface area is 159 Å². The van der Waals surface area contributed by atoms with Gasteiger partial charge >= 0.3 is 11.9 Å². The van der Waals surface area contributed by atoms with Crippen molar-refractivity contribution in [2.45, 2.75) is 110 Å². The summed E-state index contributed by atoms with van der Waals surface area (Å²) >= 11 is 0. The third kappa shape index (κ3) is 13.3. The van der Waals surface area contributed by atoms with E-state index in [0.717, 1.165) is 51.4 Å². The zero-order valence-corrected chi connectivity index (χ0v) is 16.9. The molecule has 0 aliphatic rings. The second-order valence-electron chi connectivity index (χ2n) is 7.25. The molecule has 0 rings (SSSR count). The predicted octanol–water partition coefficient (Wildman–Crippen LogP) is 4.53. The van der Waals surface area contributed by atoms with Crippen LogP contribution in [0.15, 0.2) is 0 Å². The van der Waals surface area contributed by atoms with E-state index >= 15 is 0 Å². The molecule has 0 saturated heterocycles. The molecule has 0 fully saturated rings. The van der Waals surface area contributed by atoms with Gasteiger partial charge in [0, 0.05) is 0 Å². The topological polar surface area (TPSA) is 83.8 Å². The molecule has 2 atom stereocenters. The van der Waals surface area contributed by atoms with Crippen LogP contribution in [0.1, 0.15) is 104 Å². The van der Waals surface area contributed by atoms with Crippen LogP contribution in [0, 0.1) is 5.92 Å². The molecule has 0 spiro atoms. The molecule has 0 saturated carbocycles. The van der Waals surface area contributed by atoms with Gasteiger partial charge in [-0.05, 0) is 12.8 Å². The van der Waals surface area contributed by atoms with E-state index in [-0.39, 0.29) is 5.92 Å². The van der Waals surface area contributed by atoms with Gasteiger partial charge in [0.25, 0.3) is 0 Å². The summed E-state index contributed by atoms with van der Waals surface area (Å²) in [7, 11) is 0. The molecule has 0 aliphatic heterocycles. The van der Waals surface area contributed by atoms with E-state index in [1.165, 1.54) is 38.5 Å². The quantitative estimate of drug-likeness (QED) is 0.223. The second kappa shape index (κ2) is 17.5. The highest BCUT2D eigenvalue weighted by Crippen LogP contribution is 2.20. The largest absolute Gasteiger partial charge is 0.393 e. The lowest BCUT2D eigenvalue weighted by atomic mass is 9.94. The monoisotopic (exact) mass is 372 g/mol. The maximum atomic E-state index is 12.2. The molecule has 0 aromatic carbocycles. The number of hydrogen-bond donors (Lipinski definition) is 2. The van der Waals surface area contributed by atoms with Crippen LogP contribution in [0.5, 0.6) is 0 Å². The fraction of sp³-hybridized carbons (Fsp3) is 0.905. The van der Waals surface area contributed by atoms with E-state index in [4.69, 9.17) is 9.84 Å². The highest BCUT2D eigenvalue weighted by atomic mass is 16.6. The molecule has 0 radical (unpaired) electrons. The fourth-order valence-electron chi connectivity index (χ4n) is 3.05. The number of rotatable bonds is 17. The fourth-order valence-corrected chi connectivity index (χ4v) is 3.05. The first-order valence-corrected chi connectivity index (χ1v) is 10.6. The van der Waals surface area contributed by atoms with Gasteiger partial charge in [-0.3, -0.25) is 4.79 Å². The van der Waals surface area contributed by atoms with Gasteiger partial charge in [0.1, 0.15) is 0 Å². The molecule has 0 aromatic heterocycles. The van der Waals surface area contributed by atoms with E-state index < -0.39 is 24.6 Å². The molecule has 154 valence electrons. The number of aliphatic hydroxyl groups excluding tert-OH is 2. The summed E-state index contributed by atoms with van der Waals surface area (Å²) in [6, 6.07) is 0. The van der Waals surface area contributed by atoms with Crippen molar-refractivity contribution in [1.29, 1.82) is 0 Å². The van der Waals surface area contributed by atoms with Gasteiger partial charge in [-0.25, -0.2) is 4.79 Å². The third-order valence-electron chi connectivity index (χ3n) is 4.79. The van der Waals surface area contributed by atoms with Crippen molar-refractivity contribution in [3.8, 4) is 0 Å². The number of carbonyl (C=O) groups is 2. The van der Waals surface area contributed by atoms with Crippen molar-refractivity contribution in [1.82, 2.24) is 0 Å². The lowest BCUT2D eigenvalue weighted by Crippen LogP contribution is -2.31. The Morgan fingerprint density at radius 3 is 1.62 bits per heavy atom. The van der Waals surface area contributed by atoms with Crippen LogP contribution in [0.2, 0.25) is 0 Å². The third-order valence-corrected chi connectivity index (χ3v) is 4.79. The molecular weight excluding hydrogens is 332 g/mol. The summed E-state index contributed by atoms with van der Waals surface area (Å²) in [5.74, 6) is -1.89. The van der Waals surface area contributed by atoms with Gasteiger partial charge in [0.05, 0.1) is 12.5 Å². The number of unbranched alkanes of at least 4 members (excludes halogenated alkanes) is 10. The zero-order chi connectivity index (χ0) is 19.6. The number of esters is 2. The smallest absolute Gasteiger partial charge is 0.345 e. The molecule has 0 bridgehead atoms. The van der Waals surface area contributed by atoms with Gasteiger partial charge in [0.2, 0.25) is 0 Å². The van der Waals surface area contributed by atoms with E-state index in [2.05, 4.69) is 13.8 Å². The summed E-state index contributed by atoms with van der Waals surface area (Å²) in [4.78, 5) is 23.8. The molecule has 5 heteroatoms. The Balaban J connectivity index is 4.20. The number of carbonyl (C=O) groups excluding carboxylic acids is 2. The maximum Gasteiger partial charge on any atom is 0.345 e. The zero-order valence-electron chi connectivity index (χ0n) is 16.9. The Hall–Kier alpha value is -0.940. The first-order chi connectivity index (χ1) is 12.6. The lowest BCUT2D eigenvalue weighted by Gasteiger charge is -2.16. The SMILES string of the molecule is CCCCCCCCCCC(CCCCCC)C(=O)OC(=O)C(O)CO. The number of aliphatic hydroxyl groups is 2. The molecule has 0 aromatic rings. The van der Waals surface area contributed by atoms with Crippen LogP contribution in [0.3, 0.4) is 0 Å². The Kier molecular flexibility index (Phi) is 16.8. The standard InChI is InChI=1S/C21H40O5/c1-3-5-7-9-10-11-12-14-16-18(15-13-8-6-4-2)20(24)26-21(25)19(23)17-22/h18-19,22-23H,3-17H2,1-2H3. The summed E-state index contributed by atoms with van der Waals surface area (Å²) in [6.07, 6.45) is 13.7. The lowest BCUT2D eigenvalue weighted by molar-refractivity contribution is -0.170. The second-order valence-corrected chi connectivity index (χ2v) is 7.25. The summed E-state index contributed by atoms with van der Waals surface area (Å²) in [6.45, 7) is 3.62. The van der Waals surface area contributed by atoms with Crippen molar-refractivity contribution >= 4 is 11.9 Å². The van der Waals surface area contributed by atoms with Crippen LogP contribution in [0.4, 0.5) is 0 Å². The van der Waals surface area contributed by atoms with Gasteiger partial charge in [0.15, 0.2) is 6.10 Å². The molecule has 0 amide bonds. The minimum absolute atomic E-state index is 0.290. The van der Waals surface area contributed by atoms with Crippen molar-refractivity contribution < 1.29 is 24.5 Å². The van der Waals surface area contributed by atoms with Crippen LogP contribution >= 0.6 is 0 Å². The van der Waals surface area contributed by atoms with Gasteiger partial charge in [-0.1, -0.05) is 90.9 Å². The molecule has 0 heterocycles. The van der Waals surface area contributed by atoms with E-state index in [9.17, 15) is 14.7 Å². The highest BCUT2D eigenvalue weighted by molar-refractivity contribution is 5.88.